The summed E-state index contributed by atoms with van der Waals surface area (Å²) in [6, 6.07) is 4.33. The molecule has 1 heterocycles. The van der Waals surface area contributed by atoms with Crippen LogP contribution < -0.4 is 4.74 Å². The van der Waals surface area contributed by atoms with E-state index in [0.29, 0.717) is 0 Å². The lowest BCUT2D eigenvalue weighted by Crippen LogP contribution is -2.04. The monoisotopic (exact) mass is 259 g/mol. The van der Waals surface area contributed by atoms with E-state index in [2.05, 4.69) is 4.98 Å². The van der Waals surface area contributed by atoms with Crippen LogP contribution in [0.25, 0.3) is 0 Å². The van der Waals surface area contributed by atoms with Gasteiger partial charge in [0.1, 0.15) is 17.7 Å². The summed E-state index contributed by atoms with van der Waals surface area (Å²) in [5.41, 5.74) is -0.592. The molecule has 0 atom stereocenters. The molecule has 0 spiro atoms. The molecule has 0 aliphatic rings. The second kappa shape index (κ2) is 4.69. The van der Waals surface area contributed by atoms with Gasteiger partial charge < -0.3 is 14.3 Å². The Morgan fingerprint density at radius 1 is 1.33 bits per heavy atom. The molecule has 0 saturated carbocycles. The minimum atomic E-state index is -4.44. The lowest BCUT2D eigenvalue weighted by Gasteiger charge is -2.07. The van der Waals surface area contributed by atoms with Gasteiger partial charge in [0.05, 0.1) is 12.2 Å². The average molecular weight is 259 g/mol. The summed E-state index contributed by atoms with van der Waals surface area (Å²) in [6.07, 6.45) is -3.51. The fourth-order valence-electron chi connectivity index (χ4n) is 1.24. The van der Waals surface area contributed by atoms with Gasteiger partial charge in [-0.3, -0.25) is 0 Å². The first-order valence-corrected chi connectivity index (χ1v) is 4.89. The SMILES string of the molecule is OCc1coc(Oc2cccc(C(F)(F)F)c2)n1. The Hall–Kier alpha value is -2.02. The molecular formula is C11H8F3NO3. The molecule has 2 aromatic rings. The Balaban J connectivity index is 2.19. The van der Waals surface area contributed by atoms with Gasteiger partial charge in [0.2, 0.25) is 0 Å². The molecule has 0 unspecified atom stereocenters. The van der Waals surface area contributed by atoms with Crippen LogP contribution in [0.5, 0.6) is 11.8 Å². The Labute approximate surface area is 99.6 Å². The highest BCUT2D eigenvalue weighted by Crippen LogP contribution is 2.32. The molecule has 1 N–H and O–H groups in total. The summed E-state index contributed by atoms with van der Waals surface area (Å²) in [5, 5.41) is 8.74. The highest BCUT2D eigenvalue weighted by Gasteiger charge is 2.30. The molecule has 0 saturated heterocycles. The smallest absolute Gasteiger partial charge is 0.416 e. The molecule has 1 aromatic carbocycles. The number of alkyl halides is 3. The number of hydrogen-bond acceptors (Lipinski definition) is 4. The topological polar surface area (TPSA) is 55.5 Å². The van der Waals surface area contributed by atoms with Crippen molar-refractivity contribution in [2.24, 2.45) is 0 Å². The third-order valence-corrected chi connectivity index (χ3v) is 2.06. The van der Waals surface area contributed by atoms with E-state index in [9.17, 15) is 13.2 Å². The Kier molecular flexibility index (Phi) is 3.24. The second-order valence-electron chi connectivity index (χ2n) is 3.39. The van der Waals surface area contributed by atoms with Gasteiger partial charge in [-0.25, -0.2) is 0 Å². The molecule has 0 amide bonds. The number of oxazole rings is 1. The first-order chi connectivity index (χ1) is 8.49. The van der Waals surface area contributed by atoms with Gasteiger partial charge in [-0.1, -0.05) is 6.07 Å². The first-order valence-electron chi connectivity index (χ1n) is 4.89. The van der Waals surface area contributed by atoms with Gasteiger partial charge in [-0.05, 0) is 18.2 Å². The van der Waals surface area contributed by atoms with Crippen molar-refractivity contribution in [1.29, 1.82) is 0 Å². The number of ether oxygens (including phenoxy) is 1. The van der Waals surface area contributed by atoms with Gasteiger partial charge >= 0.3 is 12.3 Å². The normalized spacial score (nSPS) is 11.6. The summed E-state index contributed by atoms with van der Waals surface area (Å²) in [6.45, 7) is -0.338. The summed E-state index contributed by atoms with van der Waals surface area (Å²) in [4.78, 5) is 3.70. The molecule has 0 bridgehead atoms. The molecule has 1 aromatic heterocycles. The number of hydrogen-bond donors (Lipinski definition) is 1. The van der Waals surface area contributed by atoms with Crippen molar-refractivity contribution >= 4 is 0 Å². The van der Waals surface area contributed by atoms with E-state index in [1.165, 1.54) is 12.1 Å². The van der Waals surface area contributed by atoms with Gasteiger partial charge in [0.25, 0.3) is 0 Å². The highest BCUT2D eigenvalue weighted by molar-refractivity contribution is 5.31. The fraction of sp³-hybridized carbons (Fsp3) is 0.182. The molecule has 0 fully saturated rings. The minimum absolute atomic E-state index is 0.0452. The van der Waals surface area contributed by atoms with Gasteiger partial charge in [-0.2, -0.15) is 18.2 Å². The van der Waals surface area contributed by atoms with Gasteiger partial charge in [0.15, 0.2) is 0 Å². The Bertz CT molecular complexity index is 536. The maximum Gasteiger partial charge on any atom is 0.416 e. The largest absolute Gasteiger partial charge is 0.417 e. The number of benzene rings is 1. The lowest BCUT2D eigenvalue weighted by molar-refractivity contribution is -0.137. The molecular weight excluding hydrogens is 251 g/mol. The van der Waals surface area contributed by atoms with Crippen molar-refractivity contribution in [2.45, 2.75) is 12.8 Å². The highest BCUT2D eigenvalue weighted by atomic mass is 19.4. The van der Waals surface area contributed by atoms with Crippen LogP contribution in [0.3, 0.4) is 0 Å². The number of rotatable bonds is 3. The molecule has 18 heavy (non-hydrogen) atoms. The van der Waals surface area contributed by atoms with Crippen LogP contribution in [0.2, 0.25) is 0 Å². The predicted octanol–water partition coefficient (Wildman–Crippen LogP) is 2.98. The molecule has 7 heteroatoms. The summed E-state index contributed by atoms with van der Waals surface area (Å²) < 4.78 is 47.1. The maximum atomic E-state index is 12.4. The Morgan fingerprint density at radius 3 is 2.72 bits per heavy atom. The van der Waals surface area contributed by atoms with Crippen molar-refractivity contribution in [3.8, 4) is 11.8 Å². The van der Waals surface area contributed by atoms with Crippen LogP contribution in [0, 0.1) is 0 Å². The zero-order valence-corrected chi connectivity index (χ0v) is 8.94. The van der Waals surface area contributed by atoms with Crippen molar-refractivity contribution in [3.63, 3.8) is 0 Å². The number of halogens is 3. The summed E-state index contributed by atoms with van der Waals surface area (Å²) in [7, 11) is 0. The van der Waals surface area contributed by atoms with Crippen molar-refractivity contribution < 1.29 is 27.4 Å². The zero-order valence-electron chi connectivity index (χ0n) is 8.94. The fourth-order valence-corrected chi connectivity index (χ4v) is 1.24. The maximum absolute atomic E-state index is 12.4. The van der Waals surface area contributed by atoms with Gasteiger partial charge in [-0.15, -0.1) is 0 Å². The molecule has 0 aliphatic heterocycles. The van der Waals surface area contributed by atoms with Crippen molar-refractivity contribution in [1.82, 2.24) is 4.98 Å². The third-order valence-electron chi connectivity index (χ3n) is 2.06. The van der Waals surface area contributed by atoms with E-state index in [0.717, 1.165) is 18.4 Å². The minimum Gasteiger partial charge on any atom is -0.417 e. The van der Waals surface area contributed by atoms with Crippen LogP contribution in [-0.2, 0) is 12.8 Å². The van der Waals surface area contributed by atoms with E-state index in [-0.39, 0.29) is 24.1 Å². The molecule has 0 radical (unpaired) electrons. The van der Waals surface area contributed by atoms with E-state index >= 15 is 0 Å². The van der Waals surface area contributed by atoms with Crippen molar-refractivity contribution in [3.05, 3.63) is 41.8 Å². The van der Waals surface area contributed by atoms with Gasteiger partial charge in [0, 0.05) is 0 Å². The molecule has 4 nitrogen and oxygen atoms in total. The lowest BCUT2D eigenvalue weighted by atomic mass is 10.2. The first kappa shape index (κ1) is 12.4. The zero-order chi connectivity index (χ0) is 13.2. The Morgan fingerprint density at radius 2 is 2.11 bits per heavy atom. The number of aromatic nitrogens is 1. The van der Waals surface area contributed by atoms with E-state index in [1.807, 2.05) is 0 Å². The average Bonchev–Trinajstić information content (AvgIpc) is 2.76. The van der Waals surface area contributed by atoms with E-state index in [1.54, 1.807) is 0 Å². The van der Waals surface area contributed by atoms with Crippen LogP contribution in [0.1, 0.15) is 11.3 Å². The standard InChI is InChI=1S/C11H8F3NO3/c12-11(13,14)7-2-1-3-9(4-7)18-10-15-8(5-16)6-17-10/h1-4,6,16H,5H2. The summed E-state index contributed by atoms with van der Waals surface area (Å²) >= 11 is 0. The summed E-state index contributed by atoms with van der Waals surface area (Å²) in [5.74, 6) is -0.0452. The van der Waals surface area contributed by atoms with Crippen LogP contribution >= 0.6 is 0 Å². The second-order valence-corrected chi connectivity index (χ2v) is 3.39. The third kappa shape index (κ3) is 2.80. The quantitative estimate of drug-likeness (QED) is 0.920. The molecule has 0 aliphatic carbocycles. The molecule has 96 valence electrons. The van der Waals surface area contributed by atoms with Crippen LogP contribution in [0.4, 0.5) is 13.2 Å². The van der Waals surface area contributed by atoms with Crippen LogP contribution in [0.15, 0.2) is 34.9 Å². The van der Waals surface area contributed by atoms with E-state index in [4.69, 9.17) is 14.3 Å². The van der Waals surface area contributed by atoms with Crippen molar-refractivity contribution in [2.75, 3.05) is 0 Å². The number of aliphatic hydroxyl groups excluding tert-OH is 1. The molecule has 2 rings (SSSR count). The number of nitrogens with zero attached hydrogens (tertiary/aromatic N) is 1. The number of aliphatic hydroxyl groups is 1. The van der Waals surface area contributed by atoms with E-state index < -0.39 is 11.7 Å². The predicted molar refractivity (Wildman–Crippen MR) is 53.9 cm³/mol. The van der Waals surface area contributed by atoms with Crippen LogP contribution in [-0.4, -0.2) is 10.1 Å².